The van der Waals surface area contributed by atoms with Gasteiger partial charge in [-0.2, -0.15) is 10.2 Å². The molecule has 1 amide bonds. The van der Waals surface area contributed by atoms with Gasteiger partial charge >= 0.3 is 0 Å². The molecule has 1 N–H and O–H groups in total. The lowest BCUT2D eigenvalue weighted by atomic mass is 10.1. The van der Waals surface area contributed by atoms with Gasteiger partial charge in [-0.05, 0) is 36.4 Å². The zero-order valence-corrected chi connectivity index (χ0v) is 14.7. The summed E-state index contributed by atoms with van der Waals surface area (Å²) in [5, 5.41) is 15.8. The van der Waals surface area contributed by atoms with Gasteiger partial charge in [0, 0.05) is 22.4 Å². The number of nitrogens with zero attached hydrogens (tertiary/aromatic N) is 3. The van der Waals surface area contributed by atoms with Crippen LogP contribution < -0.4 is 5.32 Å². The Labute approximate surface area is 161 Å². The second-order valence-electron chi connectivity index (χ2n) is 6.02. The first-order valence-electron chi connectivity index (χ1n) is 8.54. The van der Waals surface area contributed by atoms with Crippen molar-refractivity contribution in [1.29, 1.82) is 5.26 Å². The third-order valence-electron chi connectivity index (χ3n) is 4.08. The molecule has 4 rings (SSSR count). The van der Waals surface area contributed by atoms with Crippen molar-refractivity contribution in [2.75, 3.05) is 5.32 Å². The largest absolute Gasteiger partial charge is 0.334 e. The summed E-state index contributed by atoms with van der Waals surface area (Å²) < 4.78 is 5.36. The number of hydrogen-bond donors (Lipinski definition) is 1. The molecule has 0 atom stereocenters. The topological polar surface area (TPSA) is 91.8 Å². The van der Waals surface area contributed by atoms with E-state index in [1.165, 1.54) is 0 Å². The van der Waals surface area contributed by atoms with Crippen LogP contribution in [0.5, 0.6) is 0 Å². The molecule has 0 radical (unpaired) electrons. The molecule has 0 aliphatic carbocycles. The van der Waals surface area contributed by atoms with Crippen LogP contribution in [0.4, 0.5) is 5.69 Å². The molecule has 28 heavy (non-hydrogen) atoms. The molecule has 0 fully saturated rings. The van der Waals surface area contributed by atoms with Crippen LogP contribution in [0.2, 0.25) is 0 Å². The highest BCUT2D eigenvalue weighted by atomic mass is 16.5. The predicted molar refractivity (Wildman–Crippen MR) is 104 cm³/mol. The van der Waals surface area contributed by atoms with Gasteiger partial charge < -0.3 is 9.84 Å². The minimum atomic E-state index is -0.292. The van der Waals surface area contributed by atoms with E-state index in [1.54, 1.807) is 48.5 Å². The number of anilines is 1. The highest BCUT2D eigenvalue weighted by Crippen LogP contribution is 2.23. The van der Waals surface area contributed by atoms with Crippen LogP contribution in [0.25, 0.3) is 22.8 Å². The van der Waals surface area contributed by atoms with Gasteiger partial charge in [0.1, 0.15) is 0 Å². The summed E-state index contributed by atoms with van der Waals surface area (Å²) in [5.74, 6) is 0.526. The van der Waals surface area contributed by atoms with Gasteiger partial charge in [0.05, 0.1) is 11.6 Å². The van der Waals surface area contributed by atoms with E-state index in [-0.39, 0.29) is 5.91 Å². The summed E-state index contributed by atoms with van der Waals surface area (Å²) in [6.07, 6.45) is 0. The van der Waals surface area contributed by atoms with E-state index in [4.69, 9.17) is 9.78 Å². The maximum Gasteiger partial charge on any atom is 0.258 e. The molecule has 6 heteroatoms. The quantitative estimate of drug-likeness (QED) is 0.573. The SMILES string of the molecule is N#Cc1cccc(NC(=O)c2cccc(-c3nc(-c4ccccc4)no3)c2)c1. The fourth-order valence-corrected chi connectivity index (χ4v) is 2.71. The normalized spacial score (nSPS) is 10.2. The first kappa shape index (κ1) is 17.2. The van der Waals surface area contributed by atoms with Crippen molar-refractivity contribution < 1.29 is 9.32 Å². The standard InChI is InChI=1S/C22H14N4O2/c23-14-15-6-4-11-19(12-15)24-21(27)17-9-5-10-18(13-17)22-25-20(26-28-22)16-7-2-1-3-8-16/h1-13H,(H,24,27). The van der Waals surface area contributed by atoms with E-state index in [0.717, 1.165) is 5.56 Å². The maximum absolute atomic E-state index is 12.6. The van der Waals surface area contributed by atoms with E-state index in [9.17, 15) is 4.79 Å². The van der Waals surface area contributed by atoms with Crippen LogP contribution in [0, 0.1) is 11.3 Å². The lowest BCUT2D eigenvalue weighted by molar-refractivity contribution is 0.102. The van der Waals surface area contributed by atoms with E-state index in [2.05, 4.69) is 15.5 Å². The zero-order valence-electron chi connectivity index (χ0n) is 14.7. The van der Waals surface area contributed by atoms with Crippen LogP contribution in [0.1, 0.15) is 15.9 Å². The van der Waals surface area contributed by atoms with E-state index >= 15 is 0 Å². The smallest absolute Gasteiger partial charge is 0.258 e. The van der Waals surface area contributed by atoms with Gasteiger partial charge in [0.15, 0.2) is 0 Å². The predicted octanol–water partition coefficient (Wildman–Crippen LogP) is 4.53. The minimum absolute atomic E-state index is 0.292. The fourth-order valence-electron chi connectivity index (χ4n) is 2.71. The molecule has 0 saturated carbocycles. The fraction of sp³-hybridized carbons (Fsp3) is 0. The number of aromatic nitrogens is 2. The minimum Gasteiger partial charge on any atom is -0.334 e. The van der Waals surface area contributed by atoms with Crippen molar-refractivity contribution in [3.8, 4) is 28.9 Å². The summed E-state index contributed by atoms with van der Waals surface area (Å²) >= 11 is 0. The Kier molecular flexibility index (Phi) is 4.64. The van der Waals surface area contributed by atoms with Gasteiger partial charge in [0.25, 0.3) is 11.8 Å². The lowest BCUT2D eigenvalue weighted by Crippen LogP contribution is -2.11. The summed E-state index contributed by atoms with van der Waals surface area (Å²) in [7, 11) is 0. The Morgan fingerprint density at radius 3 is 2.54 bits per heavy atom. The number of nitrogens with one attached hydrogen (secondary N) is 1. The number of nitriles is 1. The van der Waals surface area contributed by atoms with Gasteiger partial charge in [-0.3, -0.25) is 4.79 Å². The van der Waals surface area contributed by atoms with Crippen molar-refractivity contribution in [2.45, 2.75) is 0 Å². The second kappa shape index (κ2) is 7.56. The Hall–Kier alpha value is -4.24. The summed E-state index contributed by atoms with van der Waals surface area (Å²) in [5.41, 5.74) is 2.97. The Morgan fingerprint density at radius 1 is 0.929 bits per heavy atom. The Bertz CT molecular complexity index is 1180. The molecule has 0 unspecified atom stereocenters. The van der Waals surface area contributed by atoms with E-state index < -0.39 is 0 Å². The number of carbonyl (C=O) groups is 1. The molecular formula is C22H14N4O2. The summed E-state index contributed by atoms with van der Waals surface area (Å²) in [6.45, 7) is 0. The van der Waals surface area contributed by atoms with Gasteiger partial charge in [0.2, 0.25) is 5.82 Å². The lowest BCUT2D eigenvalue weighted by Gasteiger charge is -2.06. The molecule has 0 aliphatic rings. The van der Waals surface area contributed by atoms with Gasteiger partial charge in [-0.15, -0.1) is 0 Å². The first-order chi connectivity index (χ1) is 13.7. The third-order valence-corrected chi connectivity index (χ3v) is 4.08. The van der Waals surface area contributed by atoms with Crippen LogP contribution in [0.15, 0.2) is 83.4 Å². The van der Waals surface area contributed by atoms with Crippen LogP contribution in [-0.4, -0.2) is 16.0 Å². The van der Waals surface area contributed by atoms with Crippen molar-refractivity contribution in [2.24, 2.45) is 0 Å². The van der Waals surface area contributed by atoms with Crippen molar-refractivity contribution >= 4 is 11.6 Å². The molecule has 0 saturated heterocycles. The monoisotopic (exact) mass is 366 g/mol. The average molecular weight is 366 g/mol. The number of carbonyl (C=O) groups excluding carboxylic acids is 1. The number of hydrogen-bond acceptors (Lipinski definition) is 5. The number of amides is 1. The van der Waals surface area contributed by atoms with Crippen LogP contribution >= 0.6 is 0 Å². The maximum atomic E-state index is 12.6. The van der Waals surface area contributed by atoms with Crippen molar-refractivity contribution in [3.63, 3.8) is 0 Å². The molecule has 134 valence electrons. The zero-order chi connectivity index (χ0) is 19.3. The molecule has 1 aromatic heterocycles. The molecule has 0 aliphatic heterocycles. The summed E-state index contributed by atoms with van der Waals surface area (Å²) in [6, 6.07) is 25.2. The third kappa shape index (κ3) is 3.64. The molecule has 6 nitrogen and oxygen atoms in total. The molecular weight excluding hydrogens is 352 g/mol. The molecule has 1 heterocycles. The van der Waals surface area contributed by atoms with Crippen molar-refractivity contribution in [3.05, 3.63) is 90.0 Å². The molecule has 0 spiro atoms. The van der Waals surface area contributed by atoms with Gasteiger partial charge in [-0.1, -0.05) is 47.6 Å². The van der Waals surface area contributed by atoms with Crippen molar-refractivity contribution in [1.82, 2.24) is 10.1 Å². The van der Waals surface area contributed by atoms with Crippen LogP contribution in [0.3, 0.4) is 0 Å². The second-order valence-corrected chi connectivity index (χ2v) is 6.02. The Balaban J connectivity index is 1.57. The summed E-state index contributed by atoms with van der Waals surface area (Å²) in [4.78, 5) is 17.0. The van der Waals surface area contributed by atoms with Gasteiger partial charge in [-0.25, -0.2) is 0 Å². The highest BCUT2D eigenvalue weighted by molar-refractivity contribution is 6.04. The van der Waals surface area contributed by atoms with E-state index in [0.29, 0.717) is 34.1 Å². The van der Waals surface area contributed by atoms with Crippen LogP contribution in [-0.2, 0) is 0 Å². The molecule has 0 bridgehead atoms. The number of benzene rings is 3. The number of rotatable bonds is 4. The highest BCUT2D eigenvalue weighted by Gasteiger charge is 2.13. The molecule has 4 aromatic rings. The molecule has 3 aromatic carbocycles. The average Bonchev–Trinajstić information content (AvgIpc) is 3.25. The Morgan fingerprint density at radius 2 is 1.71 bits per heavy atom. The first-order valence-corrected chi connectivity index (χ1v) is 8.54. The van der Waals surface area contributed by atoms with E-state index in [1.807, 2.05) is 36.4 Å².